The van der Waals surface area contributed by atoms with Crippen LogP contribution < -0.4 is 10.1 Å². The summed E-state index contributed by atoms with van der Waals surface area (Å²) in [7, 11) is 1.50. The third kappa shape index (κ3) is 5.88. The second kappa shape index (κ2) is 10.0. The van der Waals surface area contributed by atoms with Crippen LogP contribution in [-0.4, -0.2) is 34.2 Å². The van der Waals surface area contributed by atoms with Crippen LogP contribution in [0.5, 0.6) is 5.75 Å². The molecule has 1 aromatic heterocycles. The molecule has 0 radical (unpaired) electrons. The summed E-state index contributed by atoms with van der Waals surface area (Å²) in [6.07, 6.45) is -0.341. The Bertz CT molecular complexity index is 1170. The van der Waals surface area contributed by atoms with E-state index in [4.69, 9.17) is 16.3 Å². The Morgan fingerprint density at radius 1 is 1.12 bits per heavy atom. The number of nitrogens with one attached hydrogen (secondary N) is 1. The first-order valence-electron chi connectivity index (χ1n) is 10.3. The smallest absolute Gasteiger partial charge is 0.305 e. The van der Waals surface area contributed by atoms with E-state index in [1.807, 2.05) is 0 Å². The summed E-state index contributed by atoms with van der Waals surface area (Å²) in [5.41, 5.74) is 1.29. The molecule has 0 aliphatic carbocycles. The fraction of sp³-hybridized carbons (Fsp3) is 0.240. The third-order valence-electron chi connectivity index (χ3n) is 5.12. The zero-order valence-corrected chi connectivity index (χ0v) is 19.3. The minimum Gasteiger partial charge on any atom is -0.494 e. The number of aromatic nitrogens is 1. The molecule has 33 heavy (non-hydrogen) atoms. The Balaban J connectivity index is 1.97. The second-order valence-corrected chi connectivity index (χ2v) is 8.44. The van der Waals surface area contributed by atoms with Crippen molar-refractivity contribution in [3.63, 3.8) is 0 Å². The minimum absolute atomic E-state index is 0.0851. The van der Waals surface area contributed by atoms with Crippen LogP contribution in [0.1, 0.15) is 47.9 Å². The first-order valence-corrected chi connectivity index (χ1v) is 10.6. The lowest BCUT2D eigenvalue weighted by molar-refractivity contribution is -0.137. The number of benzene rings is 2. The van der Waals surface area contributed by atoms with Crippen molar-refractivity contribution < 1.29 is 24.5 Å². The standard InChI is InChI=1S/C25H25ClN2O5/c1-25(2,32)16-8-6-7-15(13-16)23-21(33-3)12-11-19(27-23)24(31)28-20(14-22(29)30)17-9-4-5-10-18(17)26/h4-13,20,32H,14H2,1-3H3,(H,28,31)(H,29,30)/t20-/m0/s1. The van der Waals surface area contributed by atoms with Crippen molar-refractivity contribution in [1.82, 2.24) is 10.3 Å². The van der Waals surface area contributed by atoms with Gasteiger partial charge in [0.05, 0.1) is 25.2 Å². The number of hydrogen-bond acceptors (Lipinski definition) is 5. The maximum Gasteiger partial charge on any atom is 0.305 e. The van der Waals surface area contributed by atoms with Gasteiger partial charge in [-0.2, -0.15) is 0 Å². The summed E-state index contributed by atoms with van der Waals surface area (Å²) in [6, 6.07) is 16.2. The van der Waals surface area contributed by atoms with E-state index in [1.165, 1.54) is 13.2 Å². The van der Waals surface area contributed by atoms with Crippen molar-refractivity contribution in [3.8, 4) is 17.0 Å². The summed E-state index contributed by atoms with van der Waals surface area (Å²) in [5.74, 6) is -1.18. The molecule has 7 nitrogen and oxygen atoms in total. The number of pyridine rings is 1. The van der Waals surface area contributed by atoms with E-state index in [9.17, 15) is 19.8 Å². The van der Waals surface area contributed by atoms with Gasteiger partial charge in [-0.15, -0.1) is 0 Å². The Morgan fingerprint density at radius 3 is 2.48 bits per heavy atom. The van der Waals surface area contributed by atoms with Crippen LogP contribution in [0.15, 0.2) is 60.7 Å². The summed E-state index contributed by atoms with van der Waals surface area (Å²) in [4.78, 5) is 28.9. The number of carbonyl (C=O) groups excluding carboxylic acids is 1. The van der Waals surface area contributed by atoms with E-state index in [2.05, 4.69) is 10.3 Å². The van der Waals surface area contributed by atoms with Crippen molar-refractivity contribution in [3.05, 3.63) is 82.5 Å². The van der Waals surface area contributed by atoms with Gasteiger partial charge in [-0.25, -0.2) is 4.98 Å². The number of halogens is 1. The molecule has 0 aliphatic rings. The lowest BCUT2D eigenvalue weighted by atomic mass is 9.95. The molecule has 172 valence electrons. The number of rotatable bonds is 8. The molecule has 0 saturated heterocycles. The molecule has 3 N–H and O–H groups in total. The van der Waals surface area contributed by atoms with Crippen molar-refractivity contribution in [2.24, 2.45) is 0 Å². The van der Waals surface area contributed by atoms with Gasteiger partial charge >= 0.3 is 5.97 Å². The highest BCUT2D eigenvalue weighted by Crippen LogP contribution is 2.32. The normalized spacial score (nSPS) is 12.2. The predicted octanol–water partition coefficient (Wildman–Crippen LogP) is 4.58. The quantitative estimate of drug-likeness (QED) is 0.446. The molecule has 0 fully saturated rings. The summed E-state index contributed by atoms with van der Waals surface area (Å²) in [6.45, 7) is 3.36. The molecule has 0 aliphatic heterocycles. The van der Waals surface area contributed by atoms with Crippen molar-refractivity contribution in [2.75, 3.05) is 7.11 Å². The molecule has 1 amide bonds. The number of methoxy groups -OCH3 is 1. The van der Waals surface area contributed by atoms with E-state index in [-0.39, 0.29) is 12.1 Å². The summed E-state index contributed by atoms with van der Waals surface area (Å²) in [5, 5.41) is 22.8. The highest BCUT2D eigenvalue weighted by molar-refractivity contribution is 6.31. The average molecular weight is 469 g/mol. The Morgan fingerprint density at radius 2 is 1.85 bits per heavy atom. The molecule has 0 spiro atoms. The van der Waals surface area contributed by atoms with Gasteiger partial charge in [0.25, 0.3) is 5.91 Å². The second-order valence-electron chi connectivity index (χ2n) is 8.03. The van der Waals surface area contributed by atoms with E-state index in [1.54, 1.807) is 68.4 Å². The SMILES string of the molecule is COc1ccc(C(=O)N[C@@H](CC(=O)O)c2ccccc2Cl)nc1-c1cccc(C(C)(C)O)c1. The van der Waals surface area contributed by atoms with Gasteiger partial charge in [-0.3, -0.25) is 9.59 Å². The van der Waals surface area contributed by atoms with Crippen LogP contribution in [0.25, 0.3) is 11.3 Å². The molecule has 3 aromatic rings. The number of aliphatic carboxylic acids is 1. The van der Waals surface area contributed by atoms with Crippen molar-refractivity contribution in [1.29, 1.82) is 0 Å². The molecule has 0 bridgehead atoms. The number of carbonyl (C=O) groups is 2. The number of aliphatic hydroxyl groups is 1. The van der Waals surface area contributed by atoms with E-state index >= 15 is 0 Å². The predicted molar refractivity (Wildman–Crippen MR) is 125 cm³/mol. The van der Waals surface area contributed by atoms with Gasteiger partial charge in [-0.05, 0) is 49.2 Å². The first kappa shape index (κ1) is 24.2. The van der Waals surface area contributed by atoms with Gasteiger partial charge in [0, 0.05) is 10.6 Å². The molecule has 8 heteroatoms. The number of nitrogens with zero attached hydrogens (tertiary/aromatic N) is 1. The molecule has 0 saturated carbocycles. The lowest BCUT2D eigenvalue weighted by Gasteiger charge is -2.20. The number of carboxylic acid groups (broad SMARTS) is 1. The van der Waals surface area contributed by atoms with Crippen LogP contribution >= 0.6 is 11.6 Å². The van der Waals surface area contributed by atoms with Crippen LogP contribution in [0.4, 0.5) is 0 Å². The fourth-order valence-corrected chi connectivity index (χ4v) is 3.66. The van der Waals surface area contributed by atoms with E-state index < -0.39 is 23.5 Å². The van der Waals surface area contributed by atoms with Gasteiger partial charge in [0.2, 0.25) is 0 Å². The minimum atomic E-state index is -1.08. The van der Waals surface area contributed by atoms with E-state index in [0.717, 1.165) is 0 Å². The highest BCUT2D eigenvalue weighted by Gasteiger charge is 2.23. The monoisotopic (exact) mass is 468 g/mol. The molecular weight excluding hydrogens is 444 g/mol. The van der Waals surface area contributed by atoms with Gasteiger partial charge < -0.3 is 20.3 Å². The molecule has 1 atom stereocenters. The van der Waals surface area contributed by atoms with Crippen LogP contribution in [0.2, 0.25) is 5.02 Å². The molecule has 0 unspecified atom stereocenters. The largest absolute Gasteiger partial charge is 0.494 e. The zero-order valence-electron chi connectivity index (χ0n) is 18.5. The van der Waals surface area contributed by atoms with Crippen molar-refractivity contribution >= 4 is 23.5 Å². The van der Waals surface area contributed by atoms with E-state index in [0.29, 0.717) is 33.2 Å². The Kier molecular flexibility index (Phi) is 7.36. The fourth-order valence-electron chi connectivity index (χ4n) is 3.39. The first-order chi connectivity index (χ1) is 15.6. The maximum atomic E-state index is 13.0. The van der Waals surface area contributed by atoms with Gasteiger partial charge in [0.15, 0.2) is 0 Å². The molecule has 1 heterocycles. The molecule has 2 aromatic carbocycles. The van der Waals surface area contributed by atoms with Gasteiger partial charge in [-0.1, -0.05) is 48.0 Å². The number of ether oxygens (including phenoxy) is 1. The Labute approximate surface area is 197 Å². The zero-order chi connectivity index (χ0) is 24.2. The van der Waals surface area contributed by atoms with Gasteiger partial charge in [0.1, 0.15) is 17.1 Å². The summed E-state index contributed by atoms with van der Waals surface area (Å²) < 4.78 is 5.43. The molecule has 3 rings (SSSR count). The highest BCUT2D eigenvalue weighted by atomic mass is 35.5. The topological polar surface area (TPSA) is 109 Å². The maximum absolute atomic E-state index is 13.0. The lowest BCUT2D eigenvalue weighted by Crippen LogP contribution is -2.31. The number of hydrogen-bond donors (Lipinski definition) is 3. The van der Waals surface area contributed by atoms with Crippen molar-refractivity contribution in [2.45, 2.75) is 31.9 Å². The van der Waals surface area contributed by atoms with Crippen LogP contribution in [0.3, 0.4) is 0 Å². The Hall–Kier alpha value is -3.42. The average Bonchev–Trinajstić information content (AvgIpc) is 2.77. The van der Waals surface area contributed by atoms with Crippen LogP contribution in [0, 0.1) is 0 Å². The summed E-state index contributed by atoms with van der Waals surface area (Å²) >= 11 is 6.23. The van der Waals surface area contributed by atoms with Crippen LogP contribution in [-0.2, 0) is 10.4 Å². The number of amides is 1. The molecular formula is C25H25ClN2O5. The number of carboxylic acids is 1. The third-order valence-corrected chi connectivity index (χ3v) is 5.46.